The third-order valence-corrected chi connectivity index (χ3v) is 4.12. The predicted octanol–water partition coefficient (Wildman–Crippen LogP) is 4.53. The zero-order valence-electron chi connectivity index (χ0n) is 10.9. The lowest BCUT2D eigenvalue weighted by atomic mass is 10.1. The molecule has 3 aromatic rings. The molecule has 3 nitrogen and oxygen atoms in total. The number of nitrogens with one attached hydrogen (secondary N) is 1. The number of rotatable bonds is 3. The summed E-state index contributed by atoms with van der Waals surface area (Å²) in [4.78, 5) is 0. The van der Waals surface area contributed by atoms with Gasteiger partial charge in [0.2, 0.25) is 0 Å². The van der Waals surface area contributed by atoms with E-state index >= 15 is 0 Å². The Kier molecular flexibility index (Phi) is 3.28. The first-order valence-corrected chi connectivity index (χ1v) is 6.96. The van der Waals surface area contributed by atoms with Crippen molar-refractivity contribution in [3.8, 4) is 11.8 Å². The van der Waals surface area contributed by atoms with E-state index in [4.69, 9.17) is 4.74 Å². The molecule has 0 amide bonds. The van der Waals surface area contributed by atoms with Crippen LogP contribution in [-0.2, 0) is 0 Å². The Hall–Kier alpha value is -2.51. The molecule has 0 aliphatic rings. The number of hydrogen-bond acceptors (Lipinski definition) is 4. The lowest BCUT2D eigenvalue weighted by molar-refractivity contribution is 0.415. The van der Waals surface area contributed by atoms with Gasteiger partial charge in [0.05, 0.1) is 12.7 Å². The van der Waals surface area contributed by atoms with Crippen molar-refractivity contribution >= 4 is 32.1 Å². The van der Waals surface area contributed by atoms with Gasteiger partial charge in [-0.05, 0) is 30.3 Å². The second-order valence-electron chi connectivity index (χ2n) is 4.27. The summed E-state index contributed by atoms with van der Waals surface area (Å²) in [5.41, 5.74) is 1.63. The number of nitrogens with zero attached hydrogens (tertiary/aromatic N) is 1. The molecule has 1 aromatic heterocycles. The fourth-order valence-corrected chi connectivity index (χ4v) is 3.11. The fraction of sp³-hybridized carbons (Fsp3) is 0.0625. The van der Waals surface area contributed by atoms with Crippen LogP contribution in [0.25, 0.3) is 10.1 Å². The molecule has 1 heterocycles. The minimum atomic E-state index is 0.660. The van der Waals surface area contributed by atoms with Crippen LogP contribution in [0.5, 0.6) is 5.75 Å². The molecule has 0 unspecified atom stereocenters. The molecule has 20 heavy (non-hydrogen) atoms. The van der Waals surface area contributed by atoms with Gasteiger partial charge in [-0.15, -0.1) is 11.3 Å². The Labute approximate surface area is 121 Å². The van der Waals surface area contributed by atoms with Crippen LogP contribution < -0.4 is 10.1 Å². The van der Waals surface area contributed by atoms with Crippen molar-refractivity contribution in [1.29, 1.82) is 5.26 Å². The van der Waals surface area contributed by atoms with Crippen molar-refractivity contribution in [2.24, 2.45) is 0 Å². The van der Waals surface area contributed by atoms with E-state index in [1.807, 2.05) is 48.5 Å². The molecule has 1 N–H and O–H groups in total. The van der Waals surface area contributed by atoms with Gasteiger partial charge in [0.25, 0.3) is 0 Å². The molecule has 0 bridgehead atoms. The average Bonchev–Trinajstić information content (AvgIpc) is 2.84. The van der Waals surface area contributed by atoms with Gasteiger partial charge in [0.15, 0.2) is 0 Å². The first kappa shape index (κ1) is 12.5. The predicted molar refractivity (Wildman–Crippen MR) is 82.8 cm³/mol. The number of thiophene rings is 1. The minimum absolute atomic E-state index is 0.660. The van der Waals surface area contributed by atoms with Crippen molar-refractivity contribution in [1.82, 2.24) is 0 Å². The van der Waals surface area contributed by atoms with Gasteiger partial charge in [0.1, 0.15) is 16.8 Å². The topological polar surface area (TPSA) is 45.0 Å². The molecule has 0 fully saturated rings. The van der Waals surface area contributed by atoms with E-state index in [0.29, 0.717) is 5.56 Å². The molecule has 0 aliphatic heterocycles. The summed E-state index contributed by atoms with van der Waals surface area (Å²) in [6.07, 6.45) is 0. The zero-order valence-corrected chi connectivity index (χ0v) is 11.7. The van der Waals surface area contributed by atoms with Gasteiger partial charge in [-0.1, -0.05) is 18.2 Å². The highest BCUT2D eigenvalue weighted by atomic mass is 32.1. The second kappa shape index (κ2) is 5.24. The Morgan fingerprint density at radius 3 is 2.65 bits per heavy atom. The van der Waals surface area contributed by atoms with Gasteiger partial charge in [-0.3, -0.25) is 0 Å². The highest BCUT2D eigenvalue weighted by Crippen LogP contribution is 2.38. The summed E-state index contributed by atoms with van der Waals surface area (Å²) in [6, 6.07) is 17.9. The number of methoxy groups -OCH3 is 1. The number of hydrogen-bond donors (Lipinski definition) is 1. The summed E-state index contributed by atoms with van der Waals surface area (Å²) in [6.45, 7) is 0. The summed E-state index contributed by atoms with van der Waals surface area (Å²) >= 11 is 1.57. The Bertz CT molecular complexity index is 787. The summed E-state index contributed by atoms with van der Waals surface area (Å²) in [5, 5.41) is 14.5. The van der Waals surface area contributed by atoms with Crippen molar-refractivity contribution in [2.75, 3.05) is 12.4 Å². The largest absolute Gasteiger partial charge is 0.497 e. The minimum Gasteiger partial charge on any atom is -0.497 e. The van der Waals surface area contributed by atoms with Crippen LogP contribution in [0.15, 0.2) is 48.5 Å². The fourth-order valence-electron chi connectivity index (χ4n) is 2.06. The van der Waals surface area contributed by atoms with Crippen LogP contribution in [0.1, 0.15) is 5.56 Å². The molecule has 98 valence electrons. The SMILES string of the molecule is COc1ccc2sc(Nc3ccccc3)c(C#N)c2c1. The molecule has 4 heteroatoms. The monoisotopic (exact) mass is 280 g/mol. The molecular weight excluding hydrogens is 268 g/mol. The maximum absolute atomic E-state index is 9.42. The van der Waals surface area contributed by atoms with Gasteiger partial charge in [-0.2, -0.15) is 5.26 Å². The lowest BCUT2D eigenvalue weighted by Gasteiger charge is -2.03. The Morgan fingerprint density at radius 1 is 1.15 bits per heavy atom. The number of fused-ring (bicyclic) bond motifs is 1. The third kappa shape index (κ3) is 2.20. The number of anilines is 2. The maximum Gasteiger partial charge on any atom is 0.119 e. The van der Waals surface area contributed by atoms with E-state index in [1.165, 1.54) is 0 Å². The van der Waals surface area contributed by atoms with Gasteiger partial charge in [0, 0.05) is 15.8 Å². The quantitative estimate of drug-likeness (QED) is 0.767. The van der Waals surface area contributed by atoms with Crippen LogP contribution in [0.3, 0.4) is 0 Å². The first-order chi connectivity index (χ1) is 9.81. The van der Waals surface area contributed by atoms with Crippen LogP contribution in [0.2, 0.25) is 0 Å². The number of benzene rings is 2. The van der Waals surface area contributed by atoms with Crippen molar-refractivity contribution in [3.05, 3.63) is 54.1 Å². The summed E-state index contributed by atoms with van der Waals surface area (Å²) in [5.74, 6) is 0.762. The van der Waals surface area contributed by atoms with Gasteiger partial charge < -0.3 is 10.1 Å². The first-order valence-electron chi connectivity index (χ1n) is 6.14. The standard InChI is InChI=1S/C16H12N2OS/c1-19-12-7-8-15-13(9-12)14(10-17)16(20-15)18-11-5-3-2-4-6-11/h2-9,18H,1H3. The van der Waals surface area contributed by atoms with Crippen LogP contribution in [-0.4, -0.2) is 7.11 Å². The molecule has 0 radical (unpaired) electrons. The van der Waals surface area contributed by atoms with Crippen molar-refractivity contribution in [3.63, 3.8) is 0 Å². The summed E-state index contributed by atoms with van der Waals surface area (Å²) < 4.78 is 6.29. The number of nitriles is 1. The third-order valence-electron chi connectivity index (χ3n) is 3.04. The second-order valence-corrected chi connectivity index (χ2v) is 5.32. The molecule has 3 rings (SSSR count). The molecular formula is C16H12N2OS. The molecule has 0 saturated carbocycles. The van der Waals surface area contributed by atoms with E-state index in [-0.39, 0.29) is 0 Å². The zero-order chi connectivity index (χ0) is 13.9. The van der Waals surface area contributed by atoms with E-state index in [2.05, 4.69) is 11.4 Å². The van der Waals surface area contributed by atoms with Crippen molar-refractivity contribution in [2.45, 2.75) is 0 Å². The van der Waals surface area contributed by atoms with E-state index in [0.717, 1.165) is 26.5 Å². The molecule has 0 aliphatic carbocycles. The highest BCUT2D eigenvalue weighted by molar-refractivity contribution is 7.23. The lowest BCUT2D eigenvalue weighted by Crippen LogP contribution is -1.88. The van der Waals surface area contributed by atoms with Crippen LogP contribution in [0.4, 0.5) is 10.7 Å². The molecule has 2 aromatic carbocycles. The van der Waals surface area contributed by atoms with E-state index < -0.39 is 0 Å². The average molecular weight is 280 g/mol. The molecule has 0 atom stereocenters. The van der Waals surface area contributed by atoms with E-state index in [1.54, 1.807) is 18.4 Å². The molecule has 0 saturated heterocycles. The number of ether oxygens (including phenoxy) is 1. The normalized spacial score (nSPS) is 10.2. The summed E-state index contributed by atoms with van der Waals surface area (Å²) in [7, 11) is 1.63. The van der Waals surface area contributed by atoms with E-state index in [9.17, 15) is 5.26 Å². The maximum atomic E-state index is 9.42. The smallest absolute Gasteiger partial charge is 0.119 e. The van der Waals surface area contributed by atoms with Crippen molar-refractivity contribution < 1.29 is 4.74 Å². The van der Waals surface area contributed by atoms with Crippen LogP contribution >= 0.6 is 11.3 Å². The Morgan fingerprint density at radius 2 is 1.95 bits per heavy atom. The molecule has 0 spiro atoms. The highest BCUT2D eigenvalue weighted by Gasteiger charge is 2.12. The van der Waals surface area contributed by atoms with Gasteiger partial charge >= 0.3 is 0 Å². The number of para-hydroxylation sites is 1. The Balaban J connectivity index is 2.09. The van der Waals surface area contributed by atoms with Crippen LogP contribution in [0, 0.1) is 11.3 Å². The van der Waals surface area contributed by atoms with Gasteiger partial charge in [-0.25, -0.2) is 0 Å².